The van der Waals surface area contributed by atoms with Gasteiger partial charge in [-0.3, -0.25) is 9.48 Å². The highest BCUT2D eigenvalue weighted by Crippen LogP contribution is 2.15. The van der Waals surface area contributed by atoms with E-state index in [0.29, 0.717) is 18.9 Å². The van der Waals surface area contributed by atoms with Crippen LogP contribution in [0.25, 0.3) is 0 Å². The van der Waals surface area contributed by atoms with Crippen LogP contribution in [0.4, 0.5) is 0 Å². The molecule has 19 heavy (non-hydrogen) atoms. The van der Waals surface area contributed by atoms with Crippen LogP contribution in [0.2, 0.25) is 0 Å². The maximum atomic E-state index is 11.9. The summed E-state index contributed by atoms with van der Waals surface area (Å²) in [5.74, 6) is 0.640. The average molecular weight is 264 g/mol. The second kappa shape index (κ2) is 6.19. The Morgan fingerprint density at radius 3 is 2.89 bits per heavy atom. The summed E-state index contributed by atoms with van der Waals surface area (Å²) in [4.78, 5) is 11.9. The quantitative estimate of drug-likeness (QED) is 0.854. The summed E-state index contributed by atoms with van der Waals surface area (Å²) in [5, 5.41) is 10.7. The Labute approximate surface area is 114 Å². The summed E-state index contributed by atoms with van der Waals surface area (Å²) >= 11 is 0. The zero-order chi connectivity index (χ0) is 13.8. The molecule has 0 aromatic carbocycles. The zero-order valence-electron chi connectivity index (χ0n) is 12.1. The second-order valence-electron chi connectivity index (χ2n) is 5.47. The van der Waals surface area contributed by atoms with Crippen molar-refractivity contribution in [3.8, 4) is 0 Å². The molecule has 2 N–H and O–H groups in total. The third kappa shape index (κ3) is 3.56. The van der Waals surface area contributed by atoms with Crippen molar-refractivity contribution in [2.45, 2.75) is 39.7 Å². The van der Waals surface area contributed by atoms with E-state index in [1.54, 1.807) is 0 Å². The molecule has 1 unspecified atom stereocenters. The van der Waals surface area contributed by atoms with Gasteiger partial charge in [-0.05, 0) is 45.7 Å². The topological polar surface area (TPSA) is 59.0 Å². The van der Waals surface area contributed by atoms with Crippen LogP contribution in [-0.4, -0.2) is 28.8 Å². The smallest absolute Gasteiger partial charge is 0.220 e. The van der Waals surface area contributed by atoms with E-state index in [1.165, 1.54) is 6.42 Å². The molecule has 0 radical (unpaired) electrons. The molecule has 1 fully saturated rings. The van der Waals surface area contributed by atoms with Crippen LogP contribution in [0.3, 0.4) is 0 Å². The maximum Gasteiger partial charge on any atom is 0.220 e. The fourth-order valence-electron chi connectivity index (χ4n) is 2.69. The maximum absolute atomic E-state index is 11.9. The zero-order valence-corrected chi connectivity index (χ0v) is 12.1. The van der Waals surface area contributed by atoms with Gasteiger partial charge in [0.15, 0.2) is 0 Å². The number of piperidine rings is 1. The molecule has 0 bridgehead atoms. The van der Waals surface area contributed by atoms with Gasteiger partial charge in [0.25, 0.3) is 0 Å². The number of aromatic nitrogens is 2. The van der Waals surface area contributed by atoms with Gasteiger partial charge in [-0.2, -0.15) is 5.10 Å². The molecule has 1 aromatic heterocycles. The van der Waals surface area contributed by atoms with Crippen LogP contribution >= 0.6 is 0 Å². The van der Waals surface area contributed by atoms with Gasteiger partial charge in [0.1, 0.15) is 0 Å². The molecule has 5 heteroatoms. The molecule has 1 atom stereocenters. The van der Waals surface area contributed by atoms with E-state index in [-0.39, 0.29) is 5.91 Å². The number of hydrogen-bond acceptors (Lipinski definition) is 3. The first-order valence-corrected chi connectivity index (χ1v) is 7.04. The van der Waals surface area contributed by atoms with Crippen molar-refractivity contribution in [2.75, 3.05) is 13.1 Å². The Morgan fingerprint density at radius 2 is 2.32 bits per heavy atom. The van der Waals surface area contributed by atoms with Gasteiger partial charge in [-0.15, -0.1) is 0 Å². The number of carbonyl (C=O) groups excluding carboxylic acids is 1. The molecular formula is C14H24N4O. The summed E-state index contributed by atoms with van der Waals surface area (Å²) in [6.45, 7) is 6.67. The lowest BCUT2D eigenvalue weighted by Crippen LogP contribution is -2.34. The minimum Gasteiger partial charge on any atom is -0.352 e. The van der Waals surface area contributed by atoms with Crippen LogP contribution < -0.4 is 10.6 Å². The lowest BCUT2D eigenvalue weighted by atomic mass is 9.96. The van der Waals surface area contributed by atoms with Gasteiger partial charge >= 0.3 is 0 Å². The molecule has 1 aliphatic heterocycles. The molecule has 1 aliphatic rings. The number of nitrogens with one attached hydrogen (secondary N) is 2. The lowest BCUT2D eigenvalue weighted by molar-refractivity contribution is -0.122. The number of nitrogens with zero attached hydrogens (tertiary/aromatic N) is 2. The highest BCUT2D eigenvalue weighted by Gasteiger charge is 2.17. The predicted molar refractivity (Wildman–Crippen MR) is 74.7 cm³/mol. The van der Waals surface area contributed by atoms with Crippen LogP contribution in [0, 0.1) is 19.8 Å². The van der Waals surface area contributed by atoms with Crippen molar-refractivity contribution in [1.82, 2.24) is 20.4 Å². The summed E-state index contributed by atoms with van der Waals surface area (Å²) in [6, 6.07) is 0. The van der Waals surface area contributed by atoms with Crippen molar-refractivity contribution in [3.63, 3.8) is 0 Å². The normalized spacial score (nSPS) is 19.4. The van der Waals surface area contributed by atoms with E-state index < -0.39 is 0 Å². The summed E-state index contributed by atoms with van der Waals surface area (Å²) in [5.41, 5.74) is 3.26. The van der Waals surface area contributed by atoms with Crippen molar-refractivity contribution >= 4 is 5.91 Å². The van der Waals surface area contributed by atoms with E-state index in [0.717, 1.165) is 36.5 Å². The first kappa shape index (κ1) is 14.1. The van der Waals surface area contributed by atoms with Crippen LogP contribution in [0.1, 0.15) is 36.2 Å². The van der Waals surface area contributed by atoms with E-state index in [1.807, 2.05) is 25.6 Å². The summed E-state index contributed by atoms with van der Waals surface area (Å²) < 4.78 is 1.86. The molecule has 1 saturated heterocycles. The Kier molecular flexibility index (Phi) is 4.58. The van der Waals surface area contributed by atoms with Gasteiger partial charge in [0, 0.05) is 31.3 Å². The minimum atomic E-state index is 0.149. The number of rotatable bonds is 4. The monoisotopic (exact) mass is 264 g/mol. The minimum absolute atomic E-state index is 0.149. The molecule has 1 aromatic rings. The Hall–Kier alpha value is -1.36. The van der Waals surface area contributed by atoms with E-state index in [4.69, 9.17) is 0 Å². The number of aryl methyl sites for hydroxylation is 2. The second-order valence-corrected chi connectivity index (χ2v) is 5.47. The standard InChI is InChI=1S/C14H24N4O/c1-10-13(11(2)18(3)17-10)9-16-14(19)7-12-5-4-6-15-8-12/h12,15H,4-9H2,1-3H3,(H,16,19). The van der Waals surface area contributed by atoms with Crippen molar-refractivity contribution < 1.29 is 4.79 Å². The van der Waals surface area contributed by atoms with Crippen molar-refractivity contribution in [2.24, 2.45) is 13.0 Å². The Bertz CT molecular complexity index is 447. The highest BCUT2D eigenvalue weighted by molar-refractivity contribution is 5.76. The Balaban J connectivity index is 1.82. The van der Waals surface area contributed by atoms with Gasteiger partial charge < -0.3 is 10.6 Å². The molecule has 106 valence electrons. The van der Waals surface area contributed by atoms with Crippen molar-refractivity contribution in [3.05, 3.63) is 17.0 Å². The first-order chi connectivity index (χ1) is 9.08. The van der Waals surface area contributed by atoms with Crippen LogP contribution in [0.5, 0.6) is 0 Å². The van der Waals surface area contributed by atoms with Gasteiger partial charge in [0.2, 0.25) is 5.91 Å². The van der Waals surface area contributed by atoms with Crippen LogP contribution in [0.15, 0.2) is 0 Å². The highest BCUT2D eigenvalue weighted by atomic mass is 16.1. The number of amides is 1. The predicted octanol–water partition coefficient (Wildman–Crippen LogP) is 1.04. The lowest BCUT2D eigenvalue weighted by Gasteiger charge is -2.22. The molecule has 0 spiro atoms. The number of carbonyl (C=O) groups is 1. The van der Waals surface area contributed by atoms with Crippen LogP contribution in [-0.2, 0) is 18.4 Å². The first-order valence-electron chi connectivity index (χ1n) is 7.04. The molecule has 0 aliphatic carbocycles. The molecule has 1 amide bonds. The average Bonchev–Trinajstić information content (AvgIpc) is 2.62. The molecule has 2 heterocycles. The van der Waals surface area contributed by atoms with Gasteiger partial charge in [-0.25, -0.2) is 0 Å². The SMILES string of the molecule is Cc1nn(C)c(C)c1CNC(=O)CC1CCCNC1. The Morgan fingerprint density at radius 1 is 1.53 bits per heavy atom. The fraction of sp³-hybridized carbons (Fsp3) is 0.714. The van der Waals surface area contributed by atoms with E-state index >= 15 is 0 Å². The summed E-state index contributed by atoms with van der Waals surface area (Å²) in [7, 11) is 1.93. The third-order valence-electron chi connectivity index (χ3n) is 3.99. The fourth-order valence-corrected chi connectivity index (χ4v) is 2.69. The largest absolute Gasteiger partial charge is 0.352 e. The summed E-state index contributed by atoms with van der Waals surface area (Å²) in [6.07, 6.45) is 2.97. The number of hydrogen-bond donors (Lipinski definition) is 2. The van der Waals surface area contributed by atoms with Crippen molar-refractivity contribution in [1.29, 1.82) is 0 Å². The van der Waals surface area contributed by atoms with E-state index in [2.05, 4.69) is 15.7 Å². The van der Waals surface area contributed by atoms with Gasteiger partial charge in [-0.1, -0.05) is 0 Å². The van der Waals surface area contributed by atoms with E-state index in [9.17, 15) is 4.79 Å². The van der Waals surface area contributed by atoms with Gasteiger partial charge in [0.05, 0.1) is 5.69 Å². The molecule has 0 saturated carbocycles. The molecule has 2 rings (SSSR count). The third-order valence-corrected chi connectivity index (χ3v) is 3.99. The molecular weight excluding hydrogens is 240 g/mol. The molecule has 5 nitrogen and oxygen atoms in total.